The van der Waals surface area contributed by atoms with E-state index in [1.165, 1.54) is 89.9 Å². The zero-order chi connectivity index (χ0) is 49.4. The number of unbranched alkanes of at least 4 members (excludes halogenated alkanes) is 18. The summed E-state index contributed by atoms with van der Waals surface area (Å²) in [5, 5.41) is 54.1. The number of hydrogen-bond acceptors (Lipinski definition) is 8. The molecule has 68 heavy (non-hydrogen) atoms. The summed E-state index contributed by atoms with van der Waals surface area (Å²) in [7, 11) is 0. The van der Waals surface area contributed by atoms with E-state index in [-0.39, 0.29) is 12.5 Å². The van der Waals surface area contributed by atoms with Crippen LogP contribution in [0.1, 0.15) is 200 Å². The number of amides is 1. The molecule has 7 atom stereocenters. The lowest BCUT2D eigenvalue weighted by Crippen LogP contribution is -2.60. The molecule has 388 valence electrons. The normalized spacial score (nSPS) is 20.5. The minimum atomic E-state index is -1.58. The third kappa shape index (κ3) is 36.8. The van der Waals surface area contributed by atoms with Gasteiger partial charge in [-0.3, -0.25) is 4.79 Å². The minimum absolute atomic E-state index is 0.197. The Hall–Kier alpha value is -3.15. The van der Waals surface area contributed by atoms with Crippen LogP contribution >= 0.6 is 0 Å². The van der Waals surface area contributed by atoms with Crippen LogP contribution in [0.4, 0.5) is 0 Å². The van der Waals surface area contributed by atoms with Crippen molar-refractivity contribution in [2.24, 2.45) is 0 Å². The van der Waals surface area contributed by atoms with Gasteiger partial charge in [0, 0.05) is 6.42 Å². The van der Waals surface area contributed by atoms with E-state index in [9.17, 15) is 30.3 Å². The van der Waals surface area contributed by atoms with Crippen LogP contribution < -0.4 is 5.32 Å². The molecule has 7 unspecified atom stereocenters. The molecule has 6 N–H and O–H groups in total. The number of allylic oxidation sites excluding steroid dienone is 17. The van der Waals surface area contributed by atoms with Crippen molar-refractivity contribution in [1.29, 1.82) is 0 Å². The number of rotatable bonds is 44. The standard InChI is InChI=1S/C59H99NO8/c1-3-5-7-9-11-13-15-16-17-18-19-20-21-22-23-24-25-26-27-28-29-30-31-32-33-34-35-36-37-38-39-41-43-45-47-49-55(63)60-52(51-67-59-58(66)57(65)56(64)54(50-61)68-59)53(62)48-46-44-42-40-14-12-10-8-6-4-2/h5-8,11,13-14,16-17,19-20,22-23,25-26,40,46,48,52-54,56-59,61-62,64-66H,3-4,9-10,12,15,18,21,24,27-39,41-45,47,49-51H2,1-2H3,(H,60,63)/b7-5-,8-6+,13-11-,17-16-,20-19-,23-22-,26-25-,40-14+,48-46+. The van der Waals surface area contributed by atoms with Crippen LogP contribution in [0.25, 0.3) is 0 Å². The van der Waals surface area contributed by atoms with Crippen LogP contribution in [0, 0.1) is 0 Å². The number of aliphatic hydroxyl groups excluding tert-OH is 5. The Bertz CT molecular complexity index is 1430. The predicted octanol–water partition coefficient (Wildman–Crippen LogP) is 13.0. The largest absolute Gasteiger partial charge is 0.394 e. The molecule has 0 aromatic carbocycles. The molecular formula is C59H99NO8. The van der Waals surface area contributed by atoms with Crippen molar-refractivity contribution in [2.45, 2.75) is 243 Å². The lowest BCUT2D eigenvalue weighted by Gasteiger charge is -2.40. The topological polar surface area (TPSA) is 149 Å². The number of hydrogen-bond donors (Lipinski definition) is 6. The van der Waals surface area contributed by atoms with Gasteiger partial charge in [-0.15, -0.1) is 0 Å². The Labute approximate surface area is 415 Å². The highest BCUT2D eigenvalue weighted by Gasteiger charge is 2.44. The average molecular weight is 950 g/mol. The minimum Gasteiger partial charge on any atom is -0.394 e. The van der Waals surface area contributed by atoms with E-state index in [0.717, 1.165) is 89.9 Å². The Balaban J connectivity index is 2.11. The average Bonchev–Trinajstić information content (AvgIpc) is 3.34. The lowest BCUT2D eigenvalue weighted by atomic mass is 9.99. The fraction of sp³-hybridized carbons (Fsp3) is 0.678. The number of carbonyl (C=O) groups is 1. The van der Waals surface area contributed by atoms with Crippen LogP contribution in [-0.2, 0) is 14.3 Å². The quantitative estimate of drug-likeness (QED) is 0.0261. The van der Waals surface area contributed by atoms with E-state index >= 15 is 0 Å². The molecule has 1 saturated heterocycles. The Morgan fingerprint density at radius 2 is 0.882 bits per heavy atom. The lowest BCUT2D eigenvalue weighted by molar-refractivity contribution is -0.302. The second-order valence-corrected chi connectivity index (χ2v) is 18.2. The van der Waals surface area contributed by atoms with Gasteiger partial charge in [0.15, 0.2) is 6.29 Å². The van der Waals surface area contributed by atoms with Crippen molar-refractivity contribution >= 4 is 5.91 Å². The number of aliphatic hydroxyl groups is 5. The molecule has 0 bridgehead atoms. The van der Waals surface area contributed by atoms with Gasteiger partial charge in [-0.05, 0) is 89.9 Å². The van der Waals surface area contributed by atoms with Gasteiger partial charge in [0.25, 0.3) is 0 Å². The van der Waals surface area contributed by atoms with Crippen LogP contribution in [0.2, 0.25) is 0 Å². The monoisotopic (exact) mass is 950 g/mol. The first kappa shape index (κ1) is 62.9. The van der Waals surface area contributed by atoms with Gasteiger partial charge in [-0.1, -0.05) is 213 Å². The van der Waals surface area contributed by atoms with E-state index < -0.39 is 49.5 Å². The molecule has 9 nitrogen and oxygen atoms in total. The Kier molecular flexibility index (Phi) is 43.9. The van der Waals surface area contributed by atoms with Gasteiger partial charge in [-0.2, -0.15) is 0 Å². The van der Waals surface area contributed by atoms with Gasteiger partial charge in [-0.25, -0.2) is 0 Å². The third-order valence-corrected chi connectivity index (χ3v) is 12.1. The second kappa shape index (κ2) is 47.5. The molecule has 0 spiro atoms. The maximum absolute atomic E-state index is 13.0. The summed E-state index contributed by atoms with van der Waals surface area (Å²) in [5.41, 5.74) is 0. The van der Waals surface area contributed by atoms with E-state index in [0.29, 0.717) is 6.42 Å². The van der Waals surface area contributed by atoms with E-state index in [2.05, 4.69) is 116 Å². The van der Waals surface area contributed by atoms with Gasteiger partial charge in [0.1, 0.15) is 24.4 Å². The van der Waals surface area contributed by atoms with Crippen LogP contribution in [-0.4, -0.2) is 87.5 Å². The number of carbonyl (C=O) groups excluding carboxylic acids is 1. The highest BCUT2D eigenvalue weighted by Crippen LogP contribution is 2.23. The van der Waals surface area contributed by atoms with Gasteiger partial charge >= 0.3 is 0 Å². The maximum atomic E-state index is 13.0. The van der Waals surface area contributed by atoms with Crippen molar-refractivity contribution in [3.05, 3.63) is 109 Å². The molecule has 0 aromatic rings. The number of ether oxygens (including phenoxy) is 2. The molecule has 0 aliphatic carbocycles. The summed E-state index contributed by atoms with van der Waals surface area (Å²) in [6, 6.07) is -0.831. The highest BCUT2D eigenvalue weighted by molar-refractivity contribution is 5.76. The molecule has 1 rings (SSSR count). The van der Waals surface area contributed by atoms with Crippen molar-refractivity contribution < 1.29 is 39.8 Å². The zero-order valence-corrected chi connectivity index (χ0v) is 42.8. The van der Waals surface area contributed by atoms with Crippen molar-refractivity contribution in [3.8, 4) is 0 Å². The summed E-state index contributed by atoms with van der Waals surface area (Å²) >= 11 is 0. The first-order chi connectivity index (χ1) is 33.3. The van der Waals surface area contributed by atoms with Crippen LogP contribution in [0.3, 0.4) is 0 Å². The maximum Gasteiger partial charge on any atom is 0.220 e. The summed E-state index contributed by atoms with van der Waals surface area (Å²) in [6.45, 7) is 3.50. The van der Waals surface area contributed by atoms with Crippen LogP contribution in [0.15, 0.2) is 109 Å². The molecule has 9 heteroatoms. The van der Waals surface area contributed by atoms with Gasteiger partial charge in [0.2, 0.25) is 5.91 Å². The third-order valence-electron chi connectivity index (χ3n) is 12.1. The zero-order valence-electron chi connectivity index (χ0n) is 42.8. The van der Waals surface area contributed by atoms with E-state index in [1.807, 2.05) is 6.08 Å². The van der Waals surface area contributed by atoms with E-state index in [4.69, 9.17) is 9.47 Å². The summed E-state index contributed by atoms with van der Waals surface area (Å²) in [6.07, 6.45) is 63.2. The molecular weight excluding hydrogens is 851 g/mol. The fourth-order valence-electron chi connectivity index (χ4n) is 7.85. The first-order valence-corrected chi connectivity index (χ1v) is 27.1. The molecule has 0 aromatic heterocycles. The summed E-state index contributed by atoms with van der Waals surface area (Å²) < 4.78 is 11.2. The fourth-order valence-corrected chi connectivity index (χ4v) is 7.85. The van der Waals surface area contributed by atoms with Crippen molar-refractivity contribution in [2.75, 3.05) is 13.2 Å². The second-order valence-electron chi connectivity index (χ2n) is 18.2. The van der Waals surface area contributed by atoms with Gasteiger partial charge < -0.3 is 40.3 Å². The molecule has 0 radical (unpaired) electrons. The molecule has 0 saturated carbocycles. The van der Waals surface area contributed by atoms with Crippen molar-refractivity contribution in [3.63, 3.8) is 0 Å². The smallest absolute Gasteiger partial charge is 0.220 e. The number of nitrogens with one attached hydrogen (secondary N) is 1. The molecule has 1 amide bonds. The molecule has 1 fully saturated rings. The SMILES string of the molecule is CC/C=C\C/C=C\C/C=C\C/C=C\C/C=C\C/C=C\CCCCCCCCCCCCCCCCCCC(=O)NC(COC1OC(CO)C(O)C(O)C1O)C(O)/C=C/CC/C=C/CC/C=C/CC. The predicted molar refractivity (Wildman–Crippen MR) is 285 cm³/mol. The summed E-state index contributed by atoms with van der Waals surface area (Å²) in [4.78, 5) is 13.0. The van der Waals surface area contributed by atoms with Crippen LogP contribution in [0.5, 0.6) is 0 Å². The van der Waals surface area contributed by atoms with Gasteiger partial charge in [0.05, 0.1) is 25.4 Å². The van der Waals surface area contributed by atoms with E-state index in [1.54, 1.807) is 6.08 Å². The molecule has 1 aliphatic heterocycles. The first-order valence-electron chi connectivity index (χ1n) is 27.1. The highest BCUT2D eigenvalue weighted by atomic mass is 16.7. The molecule has 1 aliphatic rings. The Morgan fingerprint density at radius 3 is 1.35 bits per heavy atom. The molecule has 1 heterocycles. The Morgan fingerprint density at radius 1 is 0.500 bits per heavy atom. The van der Waals surface area contributed by atoms with Crippen molar-refractivity contribution in [1.82, 2.24) is 5.32 Å². The summed E-state index contributed by atoms with van der Waals surface area (Å²) in [5.74, 6) is -0.197.